The average Bonchev–Trinajstić information content (AvgIpc) is 3.59. The highest BCUT2D eigenvalue weighted by molar-refractivity contribution is 6.28. The van der Waals surface area contributed by atoms with E-state index in [4.69, 9.17) is 0 Å². The van der Waals surface area contributed by atoms with Crippen LogP contribution in [0.1, 0.15) is 0 Å². The fourth-order valence-corrected chi connectivity index (χ4v) is 6.87. The maximum Gasteiger partial charge on any atom is 0.0789 e. The van der Waals surface area contributed by atoms with E-state index in [1.807, 2.05) is 0 Å². The molecule has 2 nitrogen and oxygen atoms in total. The number of para-hydroxylation sites is 2. The third-order valence-electron chi connectivity index (χ3n) is 8.70. The van der Waals surface area contributed by atoms with Crippen molar-refractivity contribution in [2.75, 3.05) is 0 Å². The van der Waals surface area contributed by atoms with Crippen molar-refractivity contribution in [2.45, 2.75) is 0 Å². The summed E-state index contributed by atoms with van der Waals surface area (Å²) >= 11 is 0. The van der Waals surface area contributed by atoms with Crippen LogP contribution in [0.15, 0.2) is 158 Å². The molecule has 0 saturated carbocycles. The summed E-state index contributed by atoms with van der Waals surface area (Å²) in [6.07, 6.45) is 0. The van der Waals surface area contributed by atoms with Gasteiger partial charge in [0.1, 0.15) is 0 Å². The zero-order valence-electron chi connectivity index (χ0n) is 22.9. The summed E-state index contributed by atoms with van der Waals surface area (Å²) < 4.78 is 4.93. The summed E-state index contributed by atoms with van der Waals surface area (Å²) in [5, 5.41) is 7.62. The molecule has 0 aliphatic rings. The maximum atomic E-state index is 2.48. The Morgan fingerprint density at radius 2 is 0.881 bits per heavy atom. The SMILES string of the molecule is c1ccc(-c2ccc(-n3c4ccc5ccccc5c4c4ccc5c6ccccc6n(-c6ccccc6)c5c43)cc2)cc1. The molecule has 0 fully saturated rings. The maximum absolute atomic E-state index is 2.48. The van der Waals surface area contributed by atoms with Crippen LogP contribution in [0.2, 0.25) is 0 Å². The van der Waals surface area contributed by atoms with Crippen molar-refractivity contribution in [2.24, 2.45) is 0 Å². The van der Waals surface area contributed by atoms with Gasteiger partial charge in [-0.15, -0.1) is 0 Å². The highest BCUT2D eigenvalue weighted by Gasteiger charge is 2.22. The Kier molecular flexibility index (Phi) is 4.93. The Hall–Kier alpha value is -5.60. The van der Waals surface area contributed by atoms with Gasteiger partial charge in [0.2, 0.25) is 0 Å². The lowest BCUT2D eigenvalue weighted by molar-refractivity contribution is 1.15. The largest absolute Gasteiger partial charge is 0.307 e. The molecule has 0 atom stereocenters. The van der Waals surface area contributed by atoms with E-state index in [9.17, 15) is 0 Å². The second-order valence-electron chi connectivity index (χ2n) is 11.0. The van der Waals surface area contributed by atoms with Crippen LogP contribution in [0.4, 0.5) is 0 Å². The minimum absolute atomic E-state index is 1.15. The van der Waals surface area contributed by atoms with Crippen LogP contribution >= 0.6 is 0 Å². The van der Waals surface area contributed by atoms with Crippen molar-refractivity contribution in [3.63, 3.8) is 0 Å². The highest BCUT2D eigenvalue weighted by atomic mass is 15.0. The van der Waals surface area contributed by atoms with E-state index in [2.05, 4.69) is 167 Å². The molecule has 196 valence electrons. The molecular weight excluding hydrogens is 508 g/mol. The van der Waals surface area contributed by atoms with E-state index in [0.717, 1.165) is 11.4 Å². The van der Waals surface area contributed by atoms with Gasteiger partial charge in [-0.25, -0.2) is 0 Å². The van der Waals surface area contributed by atoms with Gasteiger partial charge in [0.15, 0.2) is 0 Å². The number of hydrogen-bond acceptors (Lipinski definition) is 0. The number of rotatable bonds is 3. The third kappa shape index (κ3) is 3.27. The van der Waals surface area contributed by atoms with Gasteiger partial charge in [-0.3, -0.25) is 0 Å². The van der Waals surface area contributed by atoms with Crippen LogP contribution in [0.5, 0.6) is 0 Å². The van der Waals surface area contributed by atoms with Crippen LogP contribution in [0.25, 0.3) is 76.9 Å². The number of hydrogen-bond donors (Lipinski definition) is 0. The predicted octanol–water partition coefficient (Wildman–Crippen LogP) is 10.7. The van der Waals surface area contributed by atoms with Gasteiger partial charge < -0.3 is 9.13 Å². The van der Waals surface area contributed by atoms with Gasteiger partial charge in [0, 0.05) is 32.9 Å². The molecule has 0 spiro atoms. The molecule has 0 unspecified atom stereocenters. The Balaban J connectivity index is 1.48. The Bertz CT molecular complexity index is 2430. The Morgan fingerprint density at radius 3 is 1.69 bits per heavy atom. The molecule has 42 heavy (non-hydrogen) atoms. The molecule has 0 bridgehead atoms. The van der Waals surface area contributed by atoms with E-state index in [-0.39, 0.29) is 0 Å². The van der Waals surface area contributed by atoms with E-state index in [1.165, 1.54) is 65.5 Å². The summed E-state index contributed by atoms with van der Waals surface area (Å²) in [4.78, 5) is 0. The first kappa shape index (κ1) is 23.1. The average molecular weight is 535 g/mol. The van der Waals surface area contributed by atoms with E-state index in [0.29, 0.717) is 0 Å². The number of aromatic nitrogens is 2. The van der Waals surface area contributed by atoms with Crippen molar-refractivity contribution in [1.82, 2.24) is 9.13 Å². The second kappa shape index (κ2) is 8.95. The van der Waals surface area contributed by atoms with Gasteiger partial charge >= 0.3 is 0 Å². The van der Waals surface area contributed by atoms with Crippen LogP contribution in [0.3, 0.4) is 0 Å². The Morgan fingerprint density at radius 1 is 0.310 bits per heavy atom. The zero-order valence-corrected chi connectivity index (χ0v) is 22.9. The van der Waals surface area contributed by atoms with Gasteiger partial charge in [-0.05, 0) is 58.3 Å². The quantitative estimate of drug-likeness (QED) is 0.213. The van der Waals surface area contributed by atoms with Crippen LogP contribution in [0, 0.1) is 0 Å². The highest BCUT2D eigenvalue weighted by Crippen LogP contribution is 2.43. The lowest BCUT2D eigenvalue weighted by Crippen LogP contribution is -1.98. The topological polar surface area (TPSA) is 9.86 Å². The third-order valence-corrected chi connectivity index (χ3v) is 8.70. The van der Waals surface area contributed by atoms with E-state index >= 15 is 0 Å². The van der Waals surface area contributed by atoms with Crippen LogP contribution in [-0.4, -0.2) is 9.13 Å². The molecule has 2 heterocycles. The molecule has 0 aliphatic heterocycles. The van der Waals surface area contributed by atoms with Gasteiger partial charge in [0.05, 0.1) is 22.1 Å². The van der Waals surface area contributed by atoms with Crippen molar-refractivity contribution in [3.8, 4) is 22.5 Å². The molecule has 0 saturated heterocycles. The zero-order chi connectivity index (χ0) is 27.6. The number of nitrogens with zero attached hydrogens (tertiary/aromatic N) is 2. The smallest absolute Gasteiger partial charge is 0.0789 e. The number of fused-ring (bicyclic) bond motifs is 9. The minimum atomic E-state index is 1.15. The van der Waals surface area contributed by atoms with Gasteiger partial charge in [-0.1, -0.05) is 121 Å². The first-order valence-electron chi connectivity index (χ1n) is 14.5. The summed E-state index contributed by atoms with van der Waals surface area (Å²) in [6.45, 7) is 0. The van der Waals surface area contributed by atoms with Crippen molar-refractivity contribution in [3.05, 3.63) is 158 Å². The van der Waals surface area contributed by atoms with Gasteiger partial charge in [0.25, 0.3) is 0 Å². The fourth-order valence-electron chi connectivity index (χ4n) is 6.87. The molecule has 2 aromatic heterocycles. The lowest BCUT2D eigenvalue weighted by atomic mass is 10.0. The molecule has 9 rings (SSSR count). The van der Waals surface area contributed by atoms with E-state index in [1.54, 1.807) is 0 Å². The van der Waals surface area contributed by atoms with Crippen molar-refractivity contribution >= 4 is 54.4 Å². The standard InChI is InChI=1S/C40H26N2/c1-3-11-27(12-4-1)28-19-22-31(23-20-28)42-37-26-21-29-13-7-8-16-32(29)38(37)35-25-24-34-33-17-9-10-18-36(33)41(39(34)40(35)42)30-14-5-2-6-15-30/h1-26H. The summed E-state index contributed by atoms with van der Waals surface area (Å²) in [5.41, 5.74) is 9.65. The second-order valence-corrected chi connectivity index (χ2v) is 11.0. The molecule has 7 aromatic carbocycles. The van der Waals surface area contributed by atoms with Gasteiger partial charge in [-0.2, -0.15) is 0 Å². The molecular formula is C40H26N2. The van der Waals surface area contributed by atoms with Crippen LogP contribution < -0.4 is 0 Å². The van der Waals surface area contributed by atoms with Crippen molar-refractivity contribution < 1.29 is 0 Å². The molecule has 0 aliphatic carbocycles. The summed E-state index contributed by atoms with van der Waals surface area (Å²) in [6, 6.07) is 57.1. The first-order valence-corrected chi connectivity index (χ1v) is 14.5. The summed E-state index contributed by atoms with van der Waals surface area (Å²) in [5.74, 6) is 0. The number of benzene rings is 7. The predicted molar refractivity (Wildman–Crippen MR) is 178 cm³/mol. The first-order chi connectivity index (χ1) is 20.9. The minimum Gasteiger partial charge on any atom is -0.307 e. The summed E-state index contributed by atoms with van der Waals surface area (Å²) in [7, 11) is 0. The molecule has 0 amide bonds. The lowest BCUT2D eigenvalue weighted by Gasteiger charge is -2.13. The molecule has 9 aromatic rings. The fraction of sp³-hybridized carbons (Fsp3) is 0. The molecule has 0 radical (unpaired) electrons. The Labute approximate surface area is 243 Å². The monoisotopic (exact) mass is 534 g/mol. The normalized spacial score (nSPS) is 11.8. The van der Waals surface area contributed by atoms with Crippen molar-refractivity contribution in [1.29, 1.82) is 0 Å². The molecule has 2 heteroatoms. The van der Waals surface area contributed by atoms with Crippen LogP contribution in [-0.2, 0) is 0 Å². The molecule has 0 N–H and O–H groups in total. The van der Waals surface area contributed by atoms with E-state index < -0.39 is 0 Å².